The van der Waals surface area contributed by atoms with Crippen molar-refractivity contribution >= 4 is 38.3 Å². The van der Waals surface area contributed by atoms with Crippen LogP contribution in [0.2, 0.25) is 0 Å². The molecule has 4 rings (SSSR count). The SMILES string of the molecule is NC(=O)c1cc(-c2csc(NC(=O)c3ccc(F)c(S(=O)(=O)N4CCCC4)c3)n2)c[nH]1. The number of carbonyl (C=O) groups is 2. The van der Waals surface area contributed by atoms with Crippen LogP contribution >= 0.6 is 11.3 Å². The molecule has 0 saturated carbocycles. The highest BCUT2D eigenvalue weighted by Gasteiger charge is 2.30. The van der Waals surface area contributed by atoms with Crippen molar-refractivity contribution in [3.63, 3.8) is 0 Å². The van der Waals surface area contributed by atoms with E-state index >= 15 is 0 Å². The fraction of sp³-hybridized carbons (Fsp3) is 0.211. The summed E-state index contributed by atoms with van der Waals surface area (Å²) in [5.74, 6) is -2.13. The molecule has 0 unspecified atom stereocenters. The molecule has 0 bridgehead atoms. The van der Waals surface area contributed by atoms with Crippen LogP contribution < -0.4 is 11.1 Å². The topological polar surface area (TPSA) is 138 Å². The van der Waals surface area contributed by atoms with E-state index in [1.807, 2.05) is 0 Å². The Hall–Kier alpha value is -3.09. The van der Waals surface area contributed by atoms with Gasteiger partial charge in [0.25, 0.3) is 11.8 Å². The van der Waals surface area contributed by atoms with E-state index in [4.69, 9.17) is 5.73 Å². The van der Waals surface area contributed by atoms with Crippen LogP contribution in [0.15, 0.2) is 40.7 Å². The molecule has 2 aromatic heterocycles. The lowest BCUT2D eigenvalue weighted by Gasteiger charge is -2.16. The fourth-order valence-electron chi connectivity index (χ4n) is 3.23. The zero-order valence-corrected chi connectivity index (χ0v) is 17.7. The van der Waals surface area contributed by atoms with Crippen LogP contribution in [0.3, 0.4) is 0 Å². The molecule has 3 heterocycles. The number of hydrogen-bond acceptors (Lipinski definition) is 6. The summed E-state index contributed by atoms with van der Waals surface area (Å²) in [6, 6.07) is 4.76. The van der Waals surface area contributed by atoms with Gasteiger partial charge in [-0.3, -0.25) is 14.9 Å². The molecule has 12 heteroatoms. The minimum atomic E-state index is -4.01. The van der Waals surface area contributed by atoms with E-state index in [0.717, 1.165) is 36.3 Å². The van der Waals surface area contributed by atoms with Crippen molar-refractivity contribution in [2.24, 2.45) is 5.73 Å². The van der Waals surface area contributed by atoms with Crippen LogP contribution in [-0.4, -0.2) is 47.6 Å². The maximum absolute atomic E-state index is 14.3. The molecule has 1 saturated heterocycles. The Kier molecular flexibility index (Phi) is 5.60. The van der Waals surface area contributed by atoms with Gasteiger partial charge in [0.05, 0.1) is 5.69 Å². The van der Waals surface area contributed by atoms with E-state index in [1.54, 1.807) is 17.6 Å². The van der Waals surface area contributed by atoms with E-state index in [9.17, 15) is 22.4 Å². The molecule has 4 N–H and O–H groups in total. The van der Waals surface area contributed by atoms with Crippen LogP contribution in [0.4, 0.5) is 9.52 Å². The largest absolute Gasteiger partial charge is 0.364 e. The van der Waals surface area contributed by atoms with E-state index < -0.39 is 32.6 Å². The second-order valence-electron chi connectivity index (χ2n) is 6.91. The highest BCUT2D eigenvalue weighted by Crippen LogP contribution is 2.27. The Morgan fingerprint density at radius 1 is 1.23 bits per heavy atom. The first kappa shape index (κ1) is 21.2. The summed E-state index contributed by atoms with van der Waals surface area (Å²) in [6.45, 7) is 0.660. The monoisotopic (exact) mass is 463 g/mol. The molecule has 0 aliphatic carbocycles. The molecule has 1 aromatic carbocycles. The Bertz CT molecular complexity index is 1260. The number of sulfonamides is 1. The molecule has 0 spiro atoms. The lowest BCUT2D eigenvalue weighted by Crippen LogP contribution is -2.29. The zero-order chi connectivity index (χ0) is 22.2. The molecule has 9 nitrogen and oxygen atoms in total. The van der Waals surface area contributed by atoms with Crippen molar-refractivity contribution in [3.05, 3.63) is 52.9 Å². The summed E-state index contributed by atoms with van der Waals surface area (Å²) < 4.78 is 40.9. The quantitative estimate of drug-likeness (QED) is 0.515. The number of anilines is 1. The van der Waals surface area contributed by atoms with E-state index in [1.165, 1.54) is 10.4 Å². The highest BCUT2D eigenvalue weighted by molar-refractivity contribution is 7.89. The standard InChI is InChI=1S/C19H18FN5O4S2/c20-13-4-3-11(8-16(13)31(28,29)25-5-1-2-6-25)18(27)24-19-23-15(10-30-19)12-7-14(17(21)26)22-9-12/h3-4,7-10,22H,1-2,5-6H2,(H2,21,26)(H,23,24,27). The zero-order valence-electron chi connectivity index (χ0n) is 16.1. The molecule has 1 fully saturated rings. The van der Waals surface area contributed by atoms with Crippen molar-refractivity contribution in [1.29, 1.82) is 0 Å². The number of carbonyl (C=O) groups excluding carboxylic acids is 2. The first-order valence-electron chi connectivity index (χ1n) is 9.31. The second-order valence-corrected chi connectivity index (χ2v) is 9.68. The number of nitrogens with two attached hydrogens (primary N) is 1. The molecule has 0 atom stereocenters. The summed E-state index contributed by atoms with van der Waals surface area (Å²) in [7, 11) is -4.01. The maximum atomic E-state index is 14.3. The third-order valence-corrected chi connectivity index (χ3v) is 7.52. The third kappa shape index (κ3) is 4.22. The molecule has 162 valence electrons. The first-order chi connectivity index (χ1) is 14.8. The fourth-order valence-corrected chi connectivity index (χ4v) is 5.55. The summed E-state index contributed by atoms with van der Waals surface area (Å²) in [4.78, 5) is 30.3. The third-order valence-electron chi connectivity index (χ3n) is 4.85. The van der Waals surface area contributed by atoms with Crippen LogP contribution in [-0.2, 0) is 10.0 Å². The van der Waals surface area contributed by atoms with Gasteiger partial charge in [-0.15, -0.1) is 11.3 Å². The van der Waals surface area contributed by atoms with Crippen molar-refractivity contribution in [1.82, 2.24) is 14.3 Å². The number of H-pyrrole nitrogens is 1. The first-order valence-corrected chi connectivity index (χ1v) is 11.6. The van der Waals surface area contributed by atoms with Gasteiger partial charge in [0.1, 0.15) is 16.4 Å². The van der Waals surface area contributed by atoms with Gasteiger partial charge in [-0.2, -0.15) is 4.31 Å². The van der Waals surface area contributed by atoms with Crippen LogP contribution in [0, 0.1) is 5.82 Å². The minimum Gasteiger partial charge on any atom is -0.364 e. The molecule has 1 aliphatic rings. The van der Waals surface area contributed by atoms with E-state index in [0.29, 0.717) is 24.3 Å². The normalized spacial score (nSPS) is 14.6. The Labute approximate surface area is 181 Å². The number of nitrogens with zero attached hydrogens (tertiary/aromatic N) is 2. The summed E-state index contributed by atoms with van der Waals surface area (Å²) in [5, 5.41) is 4.52. The number of thiazole rings is 1. The Morgan fingerprint density at radius 2 is 1.97 bits per heavy atom. The number of rotatable bonds is 6. The number of aromatic amines is 1. The van der Waals surface area contributed by atoms with Crippen molar-refractivity contribution < 1.29 is 22.4 Å². The minimum absolute atomic E-state index is 0.00594. The second kappa shape index (κ2) is 8.21. The van der Waals surface area contributed by atoms with Gasteiger partial charge in [0.15, 0.2) is 5.13 Å². The predicted octanol–water partition coefficient (Wildman–Crippen LogP) is 2.41. The van der Waals surface area contributed by atoms with Gasteiger partial charge in [0, 0.05) is 35.8 Å². The summed E-state index contributed by atoms with van der Waals surface area (Å²) >= 11 is 1.14. The number of benzene rings is 1. The van der Waals surface area contributed by atoms with Gasteiger partial charge in [-0.05, 0) is 37.1 Å². The smallest absolute Gasteiger partial charge is 0.265 e. The number of hydrogen-bond donors (Lipinski definition) is 3. The molecule has 3 aromatic rings. The number of aromatic nitrogens is 2. The highest BCUT2D eigenvalue weighted by atomic mass is 32.2. The van der Waals surface area contributed by atoms with Crippen molar-refractivity contribution in [3.8, 4) is 11.3 Å². The summed E-state index contributed by atoms with van der Waals surface area (Å²) in [5.41, 5.74) is 6.57. The average molecular weight is 464 g/mol. The summed E-state index contributed by atoms with van der Waals surface area (Å²) in [6.07, 6.45) is 3.00. The molecule has 2 amide bonds. The lowest BCUT2D eigenvalue weighted by atomic mass is 10.2. The number of amides is 2. The molecule has 1 aliphatic heterocycles. The molecule has 0 radical (unpaired) electrons. The van der Waals surface area contributed by atoms with Gasteiger partial charge >= 0.3 is 0 Å². The van der Waals surface area contributed by atoms with Crippen molar-refractivity contribution in [2.75, 3.05) is 18.4 Å². The predicted molar refractivity (Wildman–Crippen MR) is 113 cm³/mol. The van der Waals surface area contributed by atoms with Gasteiger partial charge in [-0.1, -0.05) is 0 Å². The van der Waals surface area contributed by atoms with Crippen molar-refractivity contribution in [2.45, 2.75) is 17.7 Å². The van der Waals surface area contributed by atoms with Crippen LogP contribution in [0.25, 0.3) is 11.3 Å². The van der Waals surface area contributed by atoms with Crippen LogP contribution in [0.5, 0.6) is 0 Å². The number of halogens is 1. The molecular formula is C19H18FN5O4S2. The molecule has 31 heavy (non-hydrogen) atoms. The van der Waals surface area contributed by atoms with Gasteiger partial charge < -0.3 is 10.7 Å². The van der Waals surface area contributed by atoms with Gasteiger partial charge in [0.2, 0.25) is 10.0 Å². The van der Waals surface area contributed by atoms with Crippen LogP contribution in [0.1, 0.15) is 33.7 Å². The van der Waals surface area contributed by atoms with E-state index in [-0.39, 0.29) is 16.4 Å². The Balaban J connectivity index is 1.54. The Morgan fingerprint density at radius 3 is 2.65 bits per heavy atom. The van der Waals surface area contributed by atoms with Gasteiger partial charge in [-0.25, -0.2) is 17.8 Å². The number of nitrogens with one attached hydrogen (secondary N) is 2. The number of primary amides is 1. The van der Waals surface area contributed by atoms with E-state index in [2.05, 4.69) is 15.3 Å². The lowest BCUT2D eigenvalue weighted by molar-refractivity contribution is 0.0994. The molecular weight excluding hydrogens is 445 g/mol. The average Bonchev–Trinajstić information content (AvgIpc) is 3.48. The maximum Gasteiger partial charge on any atom is 0.265 e.